The molecule has 0 aliphatic rings. The SMILES string of the molecule is [C-]#[N+]c1ccc(-c2ccc3c(c2)c2cc(-c4ccc([N+]#[C-])cc4[N+]#[C-])ccc2n3-c2cncc(-n3c4ccc(-c5ccc(C#N)cc5C#N)cc4c4cc(-c5ccc(C#N)cc5[N+]#[C-])ccc43)c2-c2ccccc2C#N)c(C#N)c1. The summed E-state index contributed by atoms with van der Waals surface area (Å²) in [5, 5.41) is 54.2. The van der Waals surface area contributed by atoms with Crippen molar-refractivity contribution >= 4 is 66.4 Å². The van der Waals surface area contributed by atoms with Gasteiger partial charge in [-0.05, 0) is 129 Å². The van der Waals surface area contributed by atoms with Gasteiger partial charge in [0, 0.05) is 43.8 Å². The first-order valence-corrected chi connectivity index (χ1v) is 24.6. The maximum absolute atomic E-state index is 10.9. The normalized spacial score (nSPS) is 10.6. The summed E-state index contributed by atoms with van der Waals surface area (Å²) in [7, 11) is 0. The van der Waals surface area contributed by atoms with Crippen LogP contribution in [0.5, 0.6) is 0 Å². The van der Waals surface area contributed by atoms with Gasteiger partial charge in [-0.25, -0.2) is 19.4 Å². The van der Waals surface area contributed by atoms with Crippen LogP contribution >= 0.6 is 0 Å². The number of hydrogen-bond acceptors (Lipinski definition) is 6. The van der Waals surface area contributed by atoms with Crippen LogP contribution in [-0.2, 0) is 0 Å². The highest BCUT2D eigenvalue weighted by molar-refractivity contribution is 6.15. The minimum absolute atomic E-state index is 0.315. The number of fused-ring (bicyclic) bond motifs is 6. The van der Waals surface area contributed by atoms with Crippen molar-refractivity contribution in [2.75, 3.05) is 0 Å². The van der Waals surface area contributed by atoms with E-state index in [1.54, 1.807) is 91.3 Å². The van der Waals surface area contributed by atoms with E-state index in [0.717, 1.165) is 65.9 Å². The molecule has 3 aromatic heterocycles. The second-order valence-electron chi connectivity index (χ2n) is 18.6. The van der Waals surface area contributed by atoms with Crippen molar-refractivity contribution in [1.29, 1.82) is 26.3 Å². The lowest BCUT2D eigenvalue weighted by Crippen LogP contribution is -2.05. The Morgan fingerprint density at radius 1 is 0.350 bits per heavy atom. The Balaban J connectivity index is 1.18. The Morgan fingerprint density at radius 3 is 1.24 bits per heavy atom. The monoisotopic (exact) mass is 1010 g/mol. The van der Waals surface area contributed by atoms with Gasteiger partial charge in [0.25, 0.3) is 0 Å². The minimum Gasteiger partial charge on any atom is -0.307 e. The van der Waals surface area contributed by atoms with Crippen LogP contribution in [0.4, 0.5) is 22.7 Å². The van der Waals surface area contributed by atoms with Crippen LogP contribution in [-0.4, -0.2) is 14.1 Å². The molecule has 0 aliphatic heterocycles. The Morgan fingerprint density at radius 2 is 0.762 bits per heavy atom. The highest BCUT2D eigenvalue weighted by atomic mass is 15.0. The molecule has 0 N–H and O–H groups in total. The summed E-state index contributed by atoms with van der Waals surface area (Å²) in [4.78, 5) is 19.8. The molecule has 0 spiro atoms. The van der Waals surface area contributed by atoms with E-state index in [-0.39, 0.29) is 0 Å². The van der Waals surface area contributed by atoms with Crippen molar-refractivity contribution in [3.8, 4) is 97.4 Å². The van der Waals surface area contributed by atoms with Gasteiger partial charge in [0.2, 0.25) is 0 Å². The lowest BCUT2D eigenvalue weighted by molar-refractivity contribution is 1.09. The van der Waals surface area contributed by atoms with Gasteiger partial charge in [0.05, 0.1) is 119 Å². The molecule has 12 rings (SSSR count). The molecule has 12 aromatic rings. The highest BCUT2D eigenvalue weighted by Gasteiger charge is 2.26. The topological polar surface area (TPSA) is 159 Å². The Kier molecular flexibility index (Phi) is 11.7. The molecule has 362 valence electrons. The van der Waals surface area contributed by atoms with Gasteiger partial charge >= 0.3 is 0 Å². The first kappa shape index (κ1) is 48.1. The molecule has 0 saturated carbocycles. The average molecular weight is 1020 g/mol. The smallest absolute Gasteiger partial charge is 0.196 e. The van der Waals surface area contributed by atoms with E-state index >= 15 is 0 Å². The molecule has 12 heteroatoms. The maximum atomic E-state index is 10.9. The molecule has 0 bridgehead atoms. The van der Waals surface area contributed by atoms with Crippen molar-refractivity contribution in [2.45, 2.75) is 0 Å². The molecule has 9 aromatic carbocycles. The van der Waals surface area contributed by atoms with Crippen molar-refractivity contribution in [1.82, 2.24) is 14.1 Å². The second-order valence-corrected chi connectivity index (χ2v) is 18.6. The summed E-state index contributed by atoms with van der Waals surface area (Å²) in [6, 6.07) is 62.6. The van der Waals surface area contributed by atoms with E-state index in [0.29, 0.717) is 95.3 Å². The third-order valence-electron chi connectivity index (χ3n) is 14.5. The molecule has 0 atom stereocenters. The fraction of sp³-hybridized carbons (Fsp3) is 0. The largest absolute Gasteiger partial charge is 0.307 e. The lowest BCUT2D eigenvalue weighted by Gasteiger charge is -2.20. The Hall–Kier alpha value is -12.9. The molecule has 0 aliphatic carbocycles. The third-order valence-corrected chi connectivity index (χ3v) is 14.5. The number of pyridine rings is 1. The van der Waals surface area contributed by atoms with Crippen molar-refractivity contribution in [3.63, 3.8) is 0 Å². The summed E-state index contributed by atoms with van der Waals surface area (Å²) < 4.78 is 4.22. The lowest BCUT2D eigenvalue weighted by atomic mass is 9.96. The van der Waals surface area contributed by atoms with Crippen LogP contribution in [0.2, 0.25) is 0 Å². The zero-order valence-electron chi connectivity index (χ0n) is 41.7. The van der Waals surface area contributed by atoms with Crippen LogP contribution in [0, 0.1) is 82.9 Å². The van der Waals surface area contributed by atoms with E-state index < -0.39 is 0 Å². The van der Waals surface area contributed by atoms with Crippen LogP contribution in [0.15, 0.2) is 182 Å². The first-order chi connectivity index (χ1) is 39.2. The molecule has 80 heavy (non-hydrogen) atoms. The Bertz CT molecular complexity index is 4590. The van der Waals surface area contributed by atoms with Gasteiger partial charge in [-0.1, -0.05) is 84.9 Å². The van der Waals surface area contributed by atoms with Crippen LogP contribution in [0.3, 0.4) is 0 Å². The predicted molar refractivity (Wildman–Crippen MR) is 309 cm³/mol. The van der Waals surface area contributed by atoms with Gasteiger partial charge in [0.1, 0.15) is 0 Å². The average Bonchev–Trinajstić information content (AvgIpc) is 4.04. The number of nitrogens with zero attached hydrogens (tertiary/aromatic N) is 12. The first-order valence-electron chi connectivity index (χ1n) is 24.6. The summed E-state index contributed by atoms with van der Waals surface area (Å²) in [6.07, 6.45) is 3.55. The number of nitriles is 5. The van der Waals surface area contributed by atoms with Gasteiger partial charge in [-0.3, -0.25) is 4.98 Å². The number of rotatable bonds is 7. The summed E-state index contributed by atoms with van der Waals surface area (Å²) in [5.41, 5.74) is 14.1. The molecule has 0 radical (unpaired) electrons. The van der Waals surface area contributed by atoms with Crippen molar-refractivity contribution in [2.24, 2.45) is 0 Å². The highest BCUT2D eigenvalue weighted by Crippen LogP contribution is 2.46. The number of aromatic nitrogens is 3. The van der Waals surface area contributed by atoms with Gasteiger partial charge < -0.3 is 9.13 Å². The molecule has 0 amide bonds. The van der Waals surface area contributed by atoms with Crippen molar-refractivity contribution < 1.29 is 0 Å². The van der Waals surface area contributed by atoms with E-state index in [9.17, 15) is 26.3 Å². The molecule has 0 saturated heterocycles. The van der Waals surface area contributed by atoms with Crippen LogP contribution in [0.25, 0.3) is 130 Å². The van der Waals surface area contributed by atoms with Crippen LogP contribution < -0.4 is 0 Å². The number of hydrogen-bond donors (Lipinski definition) is 0. The molecular weight excluding hydrogens is 985 g/mol. The van der Waals surface area contributed by atoms with E-state index in [1.165, 1.54) is 0 Å². The zero-order valence-corrected chi connectivity index (χ0v) is 41.7. The summed E-state index contributed by atoms with van der Waals surface area (Å²) in [5.74, 6) is 0. The quantitative estimate of drug-likeness (QED) is 0.145. The minimum atomic E-state index is 0.315. The van der Waals surface area contributed by atoms with E-state index in [4.69, 9.17) is 31.3 Å². The summed E-state index contributed by atoms with van der Waals surface area (Å²) in [6.45, 7) is 31.4. The summed E-state index contributed by atoms with van der Waals surface area (Å²) >= 11 is 0. The molecule has 3 heterocycles. The van der Waals surface area contributed by atoms with Crippen LogP contribution in [0.1, 0.15) is 27.8 Å². The van der Waals surface area contributed by atoms with E-state index in [2.05, 4.69) is 58.9 Å². The number of benzene rings is 9. The fourth-order valence-electron chi connectivity index (χ4n) is 10.9. The second kappa shape index (κ2) is 19.4. The van der Waals surface area contributed by atoms with Crippen molar-refractivity contribution in [3.05, 3.63) is 256 Å². The van der Waals surface area contributed by atoms with Gasteiger partial charge in [-0.15, -0.1) is 0 Å². The zero-order chi connectivity index (χ0) is 55.2. The molecular formula is C68H30N12. The maximum Gasteiger partial charge on any atom is 0.196 e. The fourth-order valence-corrected chi connectivity index (χ4v) is 10.9. The van der Waals surface area contributed by atoms with Gasteiger partial charge in [-0.2, -0.15) is 26.3 Å². The predicted octanol–water partition coefficient (Wildman–Crippen LogP) is 17.2. The molecule has 0 fully saturated rings. The Labute approximate surface area is 457 Å². The molecule has 0 unspecified atom stereocenters. The van der Waals surface area contributed by atoms with E-state index in [1.807, 2.05) is 91.0 Å². The van der Waals surface area contributed by atoms with Gasteiger partial charge in [0.15, 0.2) is 22.7 Å². The standard InChI is InChI=1S/C68H30N12/c1-74-49-15-19-52(48(27-49)37-73)43-12-22-63-57(29-43)59-31-45(54-20-16-50(75-2)32-61(54)77-4)14-24-65(59)80(63)67-39-78-38-66(68(67)55-8-6-5-7-46(55)35-71)79-62-21-11-42(51-17-9-40(33-69)25-47(51)36-72)28-56(62)58-30-44(13-23-64(58)79)53-18-10-41(34-70)26-60(53)76-3/h5-32,38-39H. The molecule has 12 nitrogen and oxygen atoms in total. The third kappa shape index (κ3) is 7.73.